The number of alkyl halides is 3. The van der Waals surface area contributed by atoms with E-state index in [9.17, 15) is 22.8 Å². The number of aromatic nitrogens is 2. The summed E-state index contributed by atoms with van der Waals surface area (Å²) in [4.78, 5) is 26.0. The van der Waals surface area contributed by atoms with Crippen LogP contribution in [0.3, 0.4) is 0 Å². The highest BCUT2D eigenvalue weighted by molar-refractivity contribution is 6.03. The Balaban J connectivity index is 1.30. The molecule has 9 nitrogen and oxygen atoms in total. The van der Waals surface area contributed by atoms with Crippen molar-refractivity contribution < 1.29 is 32.2 Å². The minimum atomic E-state index is -4.80. The first-order valence-corrected chi connectivity index (χ1v) is 16.7. The van der Waals surface area contributed by atoms with Crippen molar-refractivity contribution in [2.24, 2.45) is 5.92 Å². The highest BCUT2D eigenvalue weighted by atomic mass is 19.4. The van der Waals surface area contributed by atoms with E-state index in [2.05, 4.69) is 21.0 Å². The summed E-state index contributed by atoms with van der Waals surface area (Å²) in [6.07, 6.45) is -3.13. The van der Waals surface area contributed by atoms with Crippen molar-refractivity contribution in [1.82, 2.24) is 20.4 Å². The molecule has 0 radical (unpaired) electrons. The van der Waals surface area contributed by atoms with Crippen LogP contribution in [0.5, 0.6) is 5.75 Å². The molecule has 1 heterocycles. The zero-order valence-corrected chi connectivity index (χ0v) is 28.8. The number of carbonyl (C=O) groups excluding carboxylic acids is 2. The molecule has 1 saturated carbocycles. The lowest BCUT2D eigenvalue weighted by atomic mass is 9.92. The molecular weight excluding hydrogens is 659 g/mol. The lowest BCUT2D eigenvalue weighted by molar-refractivity contribution is -0.141. The van der Waals surface area contributed by atoms with Crippen molar-refractivity contribution in [2.45, 2.75) is 58.0 Å². The van der Waals surface area contributed by atoms with Crippen LogP contribution >= 0.6 is 0 Å². The number of hydrogen-bond donors (Lipinski definition) is 3. The molecule has 0 saturated heterocycles. The predicted octanol–water partition coefficient (Wildman–Crippen LogP) is 8.42. The number of amides is 2. The Morgan fingerprint density at radius 2 is 1.71 bits per heavy atom. The Morgan fingerprint density at radius 3 is 2.43 bits per heavy atom. The van der Waals surface area contributed by atoms with Gasteiger partial charge in [0.2, 0.25) is 0 Å². The van der Waals surface area contributed by atoms with E-state index in [0.29, 0.717) is 22.9 Å². The van der Waals surface area contributed by atoms with Gasteiger partial charge in [-0.1, -0.05) is 54.6 Å². The molecule has 0 spiro atoms. The van der Waals surface area contributed by atoms with Gasteiger partial charge in [0, 0.05) is 23.9 Å². The molecule has 1 atom stereocenters. The van der Waals surface area contributed by atoms with Gasteiger partial charge in [-0.25, -0.2) is 9.48 Å². The number of halogens is 3. The summed E-state index contributed by atoms with van der Waals surface area (Å²) in [6.45, 7) is 6.04. The maximum atomic E-state index is 13.9. The van der Waals surface area contributed by atoms with E-state index in [4.69, 9.17) is 9.47 Å². The summed E-state index contributed by atoms with van der Waals surface area (Å²) in [5.74, 6) is 0.507. The highest BCUT2D eigenvalue weighted by Crippen LogP contribution is 2.38. The van der Waals surface area contributed by atoms with E-state index >= 15 is 0 Å². The Kier molecular flexibility index (Phi) is 10.1. The van der Waals surface area contributed by atoms with Crippen LogP contribution in [-0.4, -0.2) is 41.0 Å². The molecule has 266 valence electrons. The minimum absolute atomic E-state index is 0.0436. The van der Waals surface area contributed by atoms with E-state index in [1.807, 2.05) is 48.5 Å². The molecule has 1 fully saturated rings. The molecule has 1 aromatic heterocycles. The molecule has 12 heteroatoms. The Labute approximate surface area is 294 Å². The molecule has 1 aliphatic rings. The molecule has 1 unspecified atom stereocenters. The van der Waals surface area contributed by atoms with Gasteiger partial charge < -0.3 is 25.4 Å². The number of nitrogens with one attached hydrogen (secondary N) is 3. The third-order valence-corrected chi connectivity index (χ3v) is 8.45. The SMILES string of the molecule is COc1ccc2ccccc2c1C(NCC1CC1)c1cccc(NC(=O)c2cc(C(F)(F)F)nn2-c2cccc(CNC(=O)OC(C)(C)C)c2)c1. The van der Waals surface area contributed by atoms with Crippen LogP contribution < -0.4 is 20.7 Å². The van der Waals surface area contributed by atoms with Gasteiger partial charge in [-0.2, -0.15) is 18.3 Å². The number of anilines is 1. The van der Waals surface area contributed by atoms with E-state index in [1.54, 1.807) is 58.2 Å². The van der Waals surface area contributed by atoms with Crippen LogP contribution in [0.25, 0.3) is 16.5 Å². The van der Waals surface area contributed by atoms with Crippen molar-refractivity contribution in [3.8, 4) is 11.4 Å². The molecule has 5 aromatic rings. The fourth-order valence-corrected chi connectivity index (χ4v) is 5.90. The molecule has 0 aliphatic heterocycles. The topological polar surface area (TPSA) is 107 Å². The molecule has 3 N–H and O–H groups in total. The smallest absolute Gasteiger partial charge is 0.435 e. The van der Waals surface area contributed by atoms with E-state index in [1.165, 1.54) is 6.07 Å². The third kappa shape index (κ3) is 8.69. The van der Waals surface area contributed by atoms with Gasteiger partial charge in [0.1, 0.15) is 17.0 Å². The summed E-state index contributed by atoms with van der Waals surface area (Å²) in [7, 11) is 1.63. The molecule has 6 rings (SSSR count). The Morgan fingerprint density at radius 1 is 0.941 bits per heavy atom. The average molecular weight is 700 g/mol. The normalized spacial score (nSPS) is 13.9. The van der Waals surface area contributed by atoms with Gasteiger partial charge in [0.05, 0.1) is 18.8 Å². The first kappa shape index (κ1) is 35.5. The lowest BCUT2D eigenvalue weighted by Gasteiger charge is -2.24. The summed E-state index contributed by atoms with van der Waals surface area (Å²) < 4.78 is 53.9. The van der Waals surface area contributed by atoms with E-state index in [0.717, 1.165) is 52.0 Å². The number of alkyl carbamates (subject to hydrolysis) is 1. The first-order valence-electron chi connectivity index (χ1n) is 16.7. The van der Waals surface area contributed by atoms with Crippen LogP contribution in [0.15, 0.2) is 91.0 Å². The number of ether oxygens (including phenoxy) is 2. The van der Waals surface area contributed by atoms with Crippen molar-refractivity contribution >= 4 is 28.5 Å². The molecule has 1 aliphatic carbocycles. The molecular formula is C39H40F3N5O4. The molecule has 51 heavy (non-hydrogen) atoms. The quantitative estimate of drug-likeness (QED) is 0.128. The zero-order chi connectivity index (χ0) is 36.3. The van der Waals surface area contributed by atoms with Crippen LogP contribution in [0.4, 0.5) is 23.7 Å². The zero-order valence-electron chi connectivity index (χ0n) is 28.8. The van der Waals surface area contributed by atoms with Crippen LogP contribution in [-0.2, 0) is 17.5 Å². The second-order valence-corrected chi connectivity index (χ2v) is 13.6. The van der Waals surface area contributed by atoms with Gasteiger partial charge in [-0.15, -0.1) is 0 Å². The maximum Gasteiger partial charge on any atom is 0.435 e. The van der Waals surface area contributed by atoms with Crippen LogP contribution in [0, 0.1) is 5.92 Å². The second kappa shape index (κ2) is 14.5. The lowest BCUT2D eigenvalue weighted by Crippen LogP contribution is -2.32. The van der Waals surface area contributed by atoms with Crippen molar-refractivity contribution in [2.75, 3.05) is 19.0 Å². The summed E-state index contributed by atoms with van der Waals surface area (Å²) in [5, 5.41) is 15.0. The highest BCUT2D eigenvalue weighted by Gasteiger charge is 2.36. The van der Waals surface area contributed by atoms with Gasteiger partial charge in [-0.05, 0) is 98.3 Å². The minimum Gasteiger partial charge on any atom is -0.496 e. The number of fused-ring (bicyclic) bond motifs is 1. The van der Waals surface area contributed by atoms with Crippen molar-refractivity contribution in [3.63, 3.8) is 0 Å². The summed E-state index contributed by atoms with van der Waals surface area (Å²) >= 11 is 0. The van der Waals surface area contributed by atoms with Gasteiger partial charge >= 0.3 is 12.3 Å². The number of benzene rings is 4. The van der Waals surface area contributed by atoms with Crippen molar-refractivity contribution in [1.29, 1.82) is 0 Å². The fraction of sp³-hybridized carbons (Fsp3) is 0.308. The van der Waals surface area contributed by atoms with E-state index < -0.39 is 29.5 Å². The predicted molar refractivity (Wildman–Crippen MR) is 189 cm³/mol. The number of nitrogens with zero attached hydrogens (tertiary/aromatic N) is 2. The summed E-state index contributed by atoms with van der Waals surface area (Å²) in [6, 6.07) is 26.1. The van der Waals surface area contributed by atoms with E-state index in [-0.39, 0.29) is 24.0 Å². The second-order valence-electron chi connectivity index (χ2n) is 13.6. The van der Waals surface area contributed by atoms with Crippen LogP contribution in [0.1, 0.15) is 72.5 Å². The monoisotopic (exact) mass is 699 g/mol. The van der Waals surface area contributed by atoms with Gasteiger partial charge in [-0.3, -0.25) is 4.79 Å². The van der Waals surface area contributed by atoms with Crippen LogP contribution in [0.2, 0.25) is 0 Å². The molecule has 0 bridgehead atoms. The number of methoxy groups -OCH3 is 1. The maximum absolute atomic E-state index is 13.9. The largest absolute Gasteiger partial charge is 0.496 e. The van der Waals surface area contributed by atoms with Crippen molar-refractivity contribution in [3.05, 3.63) is 119 Å². The number of rotatable bonds is 11. The number of hydrogen-bond acceptors (Lipinski definition) is 6. The average Bonchev–Trinajstić information content (AvgIpc) is 3.80. The molecule has 2 amide bonds. The standard InChI is InChI=1S/C39H40F3N5O4/c1-38(2,3)51-37(49)44-23-25-9-7-13-29(19-25)47-31(21-33(46-47)39(40,41)42)36(48)45-28-12-8-11-27(20-28)35(43-22-24-15-16-24)34-30-14-6-5-10-26(30)17-18-32(34)50-4/h5-14,17-21,24,35,43H,15-16,22-23H2,1-4H3,(H,44,49)(H,45,48). The number of carbonyl (C=O) groups is 2. The first-order chi connectivity index (χ1) is 24.3. The third-order valence-electron chi connectivity index (χ3n) is 8.45. The Bertz CT molecular complexity index is 2050. The summed E-state index contributed by atoms with van der Waals surface area (Å²) in [5.41, 5.74) is 0.733. The fourth-order valence-electron chi connectivity index (χ4n) is 5.90. The molecule has 4 aromatic carbocycles. The van der Waals surface area contributed by atoms with Gasteiger partial charge in [0.25, 0.3) is 5.91 Å². The van der Waals surface area contributed by atoms with Gasteiger partial charge in [0.15, 0.2) is 5.69 Å². The Hall–Kier alpha value is -5.36.